The Bertz CT molecular complexity index is 667. The van der Waals surface area contributed by atoms with Crippen LogP contribution < -0.4 is 9.47 Å². The normalized spacial score (nSPS) is 10.0. The molecule has 0 saturated heterocycles. The molecule has 0 radical (unpaired) electrons. The van der Waals surface area contributed by atoms with Crippen LogP contribution in [0.4, 0.5) is 0 Å². The predicted molar refractivity (Wildman–Crippen MR) is 79.7 cm³/mol. The molecule has 0 heterocycles. The van der Waals surface area contributed by atoms with Crippen molar-refractivity contribution >= 4 is 23.7 Å². The fourth-order valence-corrected chi connectivity index (χ4v) is 2.03. The van der Waals surface area contributed by atoms with E-state index in [-0.39, 0.29) is 12.4 Å². The highest BCUT2D eigenvalue weighted by Gasteiger charge is 2.12. The van der Waals surface area contributed by atoms with E-state index in [4.69, 9.17) is 21.1 Å². The van der Waals surface area contributed by atoms with Gasteiger partial charge in [0.25, 0.3) is 0 Å². The van der Waals surface area contributed by atoms with Crippen molar-refractivity contribution in [1.82, 2.24) is 0 Å². The van der Waals surface area contributed by atoms with Crippen LogP contribution in [-0.2, 0) is 0 Å². The molecule has 108 valence electrons. The number of carbonyl (C=O) groups excluding carboxylic acids is 2. The molecule has 0 bridgehead atoms. The second kappa shape index (κ2) is 6.90. The standard InChI is InChI=1S/C16H13ClO4/c1-20-16-8-11(9-18)6-7-15(16)21-10-14(19)12-4-2-3-5-13(12)17/h2-9H,10H2,1H3. The molecule has 0 amide bonds. The molecule has 2 rings (SSSR count). The molecule has 2 aromatic rings. The Morgan fingerprint density at radius 2 is 1.95 bits per heavy atom. The van der Waals surface area contributed by atoms with Crippen LogP contribution in [0.3, 0.4) is 0 Å². The Morgan fingerprint density at radius 1 is 1.19 bits per heavy atom. The van der Waals surface area contributed by atoms with Crippen molar-refractivity contribution in [2.24, 2.45) is 0 Å². The van der Waals surface area contributed by atoms with Crippen molar-refractivity contribution in [3.63, 3.8) is 0 Å². The van der Waals surface area contributed by atoms with E-state index in [9.17, 15) is 9.59 Å². The van der Waals surface area contributed by atoms with Crippen molar-refractivity contribution in [1.29, 1.82) is 0 Å². The zero-order valence-electron chi connectivity index (χ0n) is 11.3. The Kier molecular flexibility index (Phi) is 4.95. The molecule has 2 aromatic carbocycles. The molecule has 0 aliphatic carbocycles. The van der Waals surface area contributed by atoms with Crippen LogP contribution in [0.2, 0.25) is 5.02 Å². The van der Waals surface area contributed by atoms with Crippen LogP contribution in [0.5, 0.6) is 11.5 Å². The number of carbonyl (C=O) groups is 2. The highest BCUT2D eigenvalue weighted by molar-refractivity contribution is 6.34. The van der Waals surface area contributed by atoms with E-state index in [2.05, 4.69) is 0 Å². The largest absolute Gasteiger partial charge is 0.493 e. The molecule has 4 nitrogen and oxygen atoms in total. The van der Waals surface area contributed by atoms with Crippen LogP contribution in [0.25, 0.3) is 0 Å². The van der Waals surface area contributed by atoms with Gasteiger partial charge < -0.3 is 9.47 Å². The fourth-order valence-electron chi connectivity index (χ4n) is 1.79. The molecule has 0 aromatic heterocycles. The van der Waals surface area contributed by atoms with Gasteiger partial charge in [-0.15, -0.1) is 0 Å². The number of methoxy groups -OCH3 is 1. The number of rotatable bonds is 6. The maximum Gasteiger partial charge on any atom is 0.201 e. The topological polar surface area (TPSA) is 52.6 Å². The number of ketones is 1. The number of ether oxygens (including phenoxy) is 2. The van der Waals surface area contributed by atoms with Gasteiger partial charge in [0, 0.05) is 11.1 Å². The lowest BCUT2D eigenvalue weighted by Crippen LogP contribution is -2.12. The molecule has 0 N–H and O–H groups in total. The third-order valence-corrected chi connectivity index (χ3v) is 3.19. The fraction of sp³-hybridized carbons (Fsp3) is 0.125. The Labute approximate surface area is 127 Å². The van der Waals surface area contributed by atoms with E-state index in [0.717, 1.165) is 0 Å². The molecule has 0 aliphatic rings. The molecule has 0 spiro atoms. The minimum absolute atomic E-state index is 0.166. The summed E-state index contributed by atoms with van der Waals surface area (Å²) in [6, 6.07) is 11.5. The smallest absolute Gasteiger partial charge is 0.201 e. The summed E-state index contributed by atoms with van der Waals surface area (Å²) in [7, 11) is 1.46. The second-order valence-electron chi connectivity index (χ2n) is 4.22. The molecule has 0 atom stereocenters. The average Bonchev–Trinajstić information content (AvgIpc) is 2.52. The number of benzene rings is 2. The zero-order valence-corrected chi connectivity index (χ0v) is 12.1. The third kappa shape index (κ3) is 3.61. The summed E-state index contributed by atoms with van der Waals surface area (Å²) in [6.45, 7) is -0.166. The molecular weight excluding hydrogens is 292 g/mol. The van der Waals surface area contributed by atoms with Crippen molar-refractivity contribution in [3.8, 4) is 11.5 Å². The van der Waals surface area contributed by atoms with Crippen molar-refractivity contribution in [3.05, 3.63) is 58.6 Å². The summed E-state index contributed by atoms with van der Waals surface area (Å²) in [5.74, 6) is 0.553. The number of halogens is 1. The van der Waals surface area contributed by atoms with Crippen molar-refractivity contribution in [2.45, 2.75) is 0 Å². The minimum atomic E-state index is -0.234. The van der Waals surface area contributed by atoms with Crippen LogP contribution >= 0.6 is 11.6 Å². The summed E-state index contributed by atoms with van der Waals surface area (Å²) >= 11 is 5.96. The van der Waals surface area contributed by atoms with Gasteiger partial charge in [-0.25, -0.2) is 0 Å². The van der Waals surface area contributed by atoms with Gasteiger partial charge in [-0.3, -0.25) is 9.59 Å². The van der Waals surface area contributed by atoms with E-state index < -0.39 is 0 Å². The first-order valence-electron chi connectivity index (χ1n) is 6.19. The van der Waals surface area contributed by atoms with E-state index >= 15 is 0 Å². The number of hydrogen-bond donors (Lipinski definition) is 0. The Morgan fingerprint density at radius 3 is 2.62 bits per heavy atom. The van der Waals surface area contributed by atoms with Gasteiger partial charge in [0.05, 0.1) is 12.1 Å². The van der Waals surface area contributed by atoms with Gasteiger partial charge in [0.15, 0.2) is 18.1 Å². The van der Waals surface area contributed by atoms with Crippen LogP contribution in [0.15, 0.2) is 42.5 Å². The lowest BCUT2D eigenvalue weighted by molar-refractivity contribution is 0.0919. The number of aldehydes is 1. The number of hydrogen-bond acceptors (Lipinski definition) is 4. The summed E-state index contributed by atoms with van der Waals surface area (Å²) in [5.41, 5.74) is 0.874. The zero-order chi connectivity index (χ0) is 15.2. The SMILES string of the molecule is COc1cc(C=O)ccc1OCC(=O)c1ccccc1Cl. The predicted octanol–water partition coefficient (Wildman–Crippen LogP) is 3.42. The molecule has 5 heteroatoms. The van der Waals surface area contributed by atoms with Crippen LogP contribution in [0.1, 0.15) is 20.7 Å². The van der Waals surface area contributed by atoms with Gasteiger partial charge in [-0.05, 0) is 30.3 Å². The first-order chi connectivity index (χ1) is 10.2. The van der Waals surface area contributed by atoms with Crippen molar-refractivity contribution in [2.75, 3.05) is 13.7 Å². The summed E-state index contributed by atoms with van der Waals surface area (Å²) in [6.07, 6.45) is 0.710. The summed E-state index contributed by atoms with van der Waals surface area (Å²) < 4.78 is 10.6. The highest BCUT2D eigenvalue weighted by Crippen LogP contribution is 2.28. The average molecular weight is 305 g/mol. The van der Waals surface area contributed by atoms with E-state index in [1.54, 1.807) is 42.5 Å². The van der Waals surface area contributed by atoms with Crippen LogP contribution in [0, 0.1) is 0 Å². The lowest BCUT2D eigenvalue weighted by atomic mass is 10.1. The maximum atomic E-state index is 12.1. The van der Waals surface area contributed by atoms with Gasteiger partial charge in [-0.1, -0.05) is 23.7 Å². The molecule has 0 aliphatic heterocycles. The van der Waals surface area contributed by atoms with Gasteiger partial charge >= 0.3 is 0 Å². The minimum Gasteiger partial charge on any atom is -0.493 e. The van der Waals surface area contributed by atoms with Gasteiger partial charge in [-0.2, -0.15) is 0 Å². The van der Waals surface area contributed by atoms with E-state index in [0.29, 0.717) is 33.9 Å². The lowest BCUT2D eigenvalue weighted by Gasteiger charge is -2.11. The first-order valence-corrected chi connectivity index (χ1v) is 6.57. The highest BCUT2D eigenvalue weighted by atomic mass is 35.5. The van der Waals surface area contributed by atoms with Crippen LogP contribution in [-0.4, -0.2) is 25.8 Å². The molecular formula is C16H13ClO4. The quantitative estimate of drug-likeness (QED) is 0.606. The number of Topliss-reactive ketones (excluding diaryl/α,β-unsaturated/α-hetero) is 1. The maximum absolute atomic E-state index is 12.1. The van der Waals surface area contributed by atoms with Gasteiger partial charge in [0.2, 0.25) is 5.78 Å². The first kappa shape index (κ1) is 15.1. The van der Waals surface area contributed by atoms with Crippen molar-refractivity contribution < 1.29 is 19.1 Å². The summed E-state index contributed by atoms with van der Waals surface area (Å²) in [5, 5.41) is 0.384. The Hall–Kier alpha value is -2.33. The molecule has 0 unspecified atom stereocenters. The third-order valence-electron chi connectivity index (χ3n) is 2.86. The second-order valence-corrected chi connectivity index (χ2v) is 4.63. The monoisotopic (exact) mass is 304 g/mol. The molecule has 21 heavy (non-hydrogen) atoms. The molecule has 0 saturated carbocycles. The van der Waals surface area contributed by atoms with E-state index in [1.165, 1.54) is 7.11 Å². The molecule has 0 fully saturated rings. The van der Waals surface area contributed by atoms with Gasteiger partial charge in [0.1, 0.15) is 6.29 Å². The van der Waals surface area contributed by atoms with E-state index in [1.807, 2.05) is 0 Å². The Balaban J connectivity index is 2.11. The summed E-state index contributed by atoms with van der Waals surface area (Å²) in [4.78, 5) is 22.8.